The molecule has 0 saturated heterocycles. The van der Waals surface area contributed by atoms with Gasteiger partial charge < -0.3 is 5.73 Å². The average molecular weight is 246 g/mol. The van der Waals surface area contributed by atoms with Gasteiger partial charge in [0, 0.05) is 18.0 Å². The zero-order valence-electron chi connectivity index (χ0n) is 9.79. The number of hydrogen-bond acceptors (Lipinski definition) is 3. The van der Waals surface area contributed by atoms with Gasteiger partial charge in [0.15, 0.2) is 0 Å². The molecule has 0 bridgehead atoms. The van der Waals surface area contributed by atoms with E-state index in [4.69, 9.17) is 18.0 Å². The van der Waals surface area contributed by atoms with Crippen molar-refractivity contribution in [3.63, 3.8) is 0 Å². The van der Waals surface area contributed by atoms with Crippen molar-refractivity contribution in [2.45, 2.75) is 19.8 Å². The summed E-state index contributed by atoms with van der Waals surface area (Å²) in [6.07, 6.45) is 3.45. The predicted octanol–water partition coefficient (Wildman–Crippen LogP) is 2.02. The van der Waals surface area contributed by atoms with Gasteiger partial charge in [0.1, 0.15) is 17.1 Å². The van der Waals surface area contributed by atoms with E-state index in [0.717, 1.165) is 17.2 Å². The summed E-state index contributed by atoms with van der Waals surface area (Å²) in [5, 5.41) is 0. The Morgan fingerprint density at radius 2 is 2.18 bits per heavy atom. The standard InChI is InChI=1S/C12H14N4S/c1-8(2)9-6-11(15-7-14-9)16-5-3-4-10(16)12(13)17/h3-8H,1-2H3,(H2,13,17). The molecule has 0 aliphatic carbocycles. The molecule has 0 atom stereocenters. The first kappa shape index (κ1) is 11.7. The average Bonchev–Trinajstić information content (AvgIpc) is 2.78. The summed E-state index contributed by atoms with van der Waals surface area (Å²) in [7, 11) is 0. The molecule has 88 valence electrons. The fourth-order valence-electron chi connectivity index (χ4n) is 1.59. The summed E-state index contributed by atoms with van der Waals surface area (Å²) in [5.74, 6) is 1.15. The first-order chi connectivity index (χ1) is 8.09. The van der Waals surface area contributed by atoms with Crippen LogP contribution >= 0.6 is 12.2 Å². The molecule has 0 amide bonds. The number of hydrogen-bond donors (Lipinski definition) is 1. The smallest absolute Gasteiger partial charge is 0.140 e. The van der Waals surface area contributed by atoms with Crippen molar-refractivity contribution in [2.24, 2.45) is 5.73 Å². The Kier molecular flexibility index (Phi) is 3.19. The van der Waals surface area contributed by atoms with Gasteiger partial charge in [-0.2, -0.15) is 0 Å². The molecule has 2 heterocycles. The lowest BCUT2D eigenvalue weighted by Crippen LogP contribution is -2.15. The van der Waals surface area contributed by atoms with Gasteiger partial charge in [0.05, 0.1) is 5.69 Å². The molecule has 0 aromatic carbocycles. The summed E-state index contributed by atoms with van der Waals surface area (Å²) in [6.45, 7) is 4.19. The minimum absolute atomic E-state index is 0.361. The highest BCUT2D eigenvalue weighted by atomic mass is 32.1. The van der Waals surface area contributed by atoms with E-state index in [1.165, 1.54) is 0 Å². The van der Waals surface area contributed by atoms with Crippen LogP contribution in [0.25, 0.3) is 5.82 Å². The summed E-state index contributed by atoms with van der Waals surface area (Å²) < 4.78 is 1.87. The largest absolute Gasteiger partial charge is 0.388 e. The minimum atomic E-state index is 0.361. The van der Waals surface area contributed by atoms with Crippen molar-refractivity contribution in [1.82, 2.24) is 14.5 Å². The molecule has 2 aromatic heterocycles. The monoisotopic (exact) mass is 246 g/mol. The SMILES string of the molecule is CC(C)c1cc(-n2cccc2C(N)=S)ncn1. The number of aromatic nitrogens is 3. The van der Waals surface area contributed by atoms with Crippen LogP contribution in [-0.4, -0.2) is 19.5 Å². The number of nitrogens with two attached hydrogens (primary N) is 1. The second-order valence-electron chi connectivity index (χ2n) is 4.08. The van der Waals surface area contributed by atoms with Gasteiger partial charge in [0.2, 0.25) is 0 Å². The summed E-state index contributed by atoms with van der Waals surface area (Å²) in [6, 6.07) is 5.72. The molecular formula is C12H14N4S. The third kappa shape index (κ3) is 2.34. The topological polar surface area (TPSA) is 56.7 Å². The van der Waals surface area contributed by atoms with E-state index in [-0.39, 0.29) is 0 Å². The van der Waals surface area contributed by atoms with E-state index in [9.17, 15) is 0 Å². The van der Waals surface area contributed by atoms with Crippen molar-refractivity contribution in [3.05, 3.63) is 42.1 Å². The second kappa shape index (κ2) is 4.63. The first-order valence-corrected chi connectivity index (χ1v) is 5.80. The normalized spacial score (nSPS) is 10.8. The van der Waals surface area contributed by atoms with Gasteiger partial charge in [-0.15, -0.1) is 0 Å². The Bertz CT molecular complexity index is 545. The Morgan fingerprint density at radius 3 is 2.82 bits per heavy atom. The van der Waals surface area contributed by atoms with Gasteiger partial charge in [-0.25, -0.2) is 9.97 Å². The third-order valence-corrected chi connectivity index (χ3v) is 2.72. The van der Waals surface area contributed by atoms with Crippen LogP contribution in [0, 0.1) is 0 Å². The third-order valence-electron chi connectivity index (χ3n) is 2.51. The van der Waals surface area contributed by atoms with Crippen LogP contribution < -0.4 is 5.73 Å². The van der Waals surface area contributed by atoms with Crippen molar-refractivity contribution in [3.8, 4) is 5.82 Å². The van der Waals surface area contributed by atoms with E-state index in [1.807, 2.05) is 29.0 Å². The van der Waals surface area contributed by atoms with Gasteiger partial charge >= 0.3 is 0 Å². The van der Waals surface area contributed by atoms with E-state index >= 15 is 0 Å². The molecule has 17 heavy (non-hydrogen) atoms. The van der Waals surface area contributed by atoms with Crippen molar-refractivity contribution in [1.29, 1.82) is 0 Å². The fourth-order valence-corrected chi connectivity index (χ4v) is 1.76. The van der Waals surface area contributed by atoms with Gasteiger partial charge in [-0.1, -0.05) is 26.1 Å². The Hall–Kier alpha value is -1.75. The van der Waals surface area contributed by atoms with E-state index in [0.29, 0.717) is 10.9 Å². The van der Waals surface area contributed by atoms with Gasteiger partial charge in [0.25, 0.3) is 0 Å². The molecule has 0 spiro atoms. The maximum Gasteiger partial charge on any atom is 0.140 e. The molecule has 0 aliphatic rings. The van der Waals surface area contributed by atoms with E-state index in [2.05, 4.69) is 23.8 Å². The zero-order chi connectivity index (χ0) is 12.4. The van der Waals surface area contributed by atoms with Crippen molar-refractivity contribution >= 4 is 17.2 Å². The molecule has 2 N–H and O–H groups in total. The molecule has 0 fully saturated rings. The summed E-state index contributed by atoms with van der Waals surface area (Å²) in [5.41, 5.74) is 7.44. The highest BCUT2D eigenvalue weighted by Crippen LogP contribution is 2.15. The maximum atomic E-state index is 5.66. The Labute approximate surface area is 106 Å². The Morgan fingerprint density at radius 1 is 1.41 bits per heavy atom. The van der Waals surface area contributed by atoms with E-state index in [1.54, 1.807) is 6.33 Å². The number of thiocarbonyl (C=S) groups is 1. The molecule has 0 aliphatic heterocycles. The van der Waals surface area contributed by atoms with Crippen LogP contribution in [0.2, 0.25) is 0 Å². The highest BCUT2D eigenvalue weighted by molar-refractivity contribution is 7.80. The summed E-state index contributed by atoms with van der Waals surface area (Å²) >= 11 is 5.00. The lowest BCUT2D eigenvalue weighted by atomic mass is 10.1. The maximum absolute atomic E-state index is 5.66. The van der Waals surface area contributed by atoms with Crippen LogP contribution in [-0.2, 0) is 0 Å². The quantitative estimate of drug-likeness (QED) is 0.842. The van der Waals surface area contributed by atoms with Gasteiger partial charge in [-0.3, -0.25) is 4.57 Å². The molecular weight excluding hydrogens is 232 g/mol. The van der Waals surface area contributed by atoms with Crippen LogP contribution in [0.1, 0.15) is 31.2 Å². The Balaban J connectivity index is 2.49. The molecule has 0 unspecified atom stereocenters. The number of nitrogens with zero attached hydrogens (tertiary/aromatic N) is 3. The number of rotatable bonds is 3. The molecule has 0 saturated carbocycles. The lowest BCUT2D eigenvalue weighted by molar-refractivity contribution is 0.804. The minimum Gasteiger partial charge on any atom is -0.388 e. The molecule has 2 rings (SSSR count). The fraction of sp³-hybridized carbons (Fsp3) is 0.250. The predicted molar refractivity (Wildman–Crippen MR) is 71.3 cm³/mol. The van der Waals surface area contributed by atoms with Crippen LogP contribution in [0.5, 0.6) is 0 Å². The lowest BCUT2D eigenvalue weighted by Gasteiger charge is -2.09. The molecule has 2 aromatic rings. The van der Waals surface area contributed by atoms with Crippen molar-refractivity contribution in [2.75, 3.05) is 0 Å². The van der Waals surface area contributed by atoms with Crippen molar-refractivity contribution < 1.29 is 0 Å². The zero-order valence-corrected chi connectivity index (χ0v) is 10.6. The first-order valence-electron chi connectivity index (χ1n) is 5.39. The second-order valence-corrected chi connectivity index (χ2v) is 4.52. The van der Waals surface area contributed by atoms with E-state index < -0.39 is 0 Å². The molecule has 0 radical (unpaired) electrons. The van der Waals surface area contributed by atoms with Crippen LogP contribution in [0.3, 0.4) is 0 Å². The highest BCUT2D eigenvalue weighted by Gasteiger charge is 2.08. The molecule has 4 nitrogen and oxygen atoms in total. The summed E-state index contributed by atoms with van der Waals surface area (Å²) in [4.78, 5) is 8.84. The van der Waals surface area contributed by atoms with Crippen LogP contribution in [0.15, 0.2) is 30.7 Å². The molecule has 5 heteroatoms. The van der Waals surface area contributed by atoms with Gasteiger partial charge in [-0.05, 0) is 18.1 Å². The van der Waals surface area contributed by atoms with Crippen LogP contribution in [0.4, 0.5) is 0 Å².